The number of nitrogens with one attached hydrogen (secondary N) is 2. The average molecular weight is 354 g/mol. The van der Waals surface area contributed by atoms with Gasteiger partial charge in [-0.05, 0) is 47.2 Å². The predicted molar refractivity (Wildman–Crippen MR) is 85.3 cm³/mol. The van der Waals surface area contributed by atoms with Crippen LogP contribution in [0.2, 0.25) is 0 Å². The number of likely N-dealkylation sites (tertiary alicyclic amines) is 1. The van der Waals surface area contributed by atoms with Crippen LogP contribution < -0.4 is 10.6 Å². The molecule has 1 fully saturated rings. The fourth-order valence-corrected chi connectivity index (χ4v) is 1.99. The average Bonchev–Trinajstić information content (AvgIpc) is 2.57. The van der Waals surface area contributed by atoms with Gasteiger partial charge in [0, 0.05) is 25.2 Å². The largest absolute Gasteiger partial charge is 0.355 e. The van der Waals surface area contributed by atoms with E-state index in [1.54, 1.807) is 0 Å². The van der Waals surface area contributed by atoms with Crippen LogP contribution in [-0.2, 0) is 0 Å². The lowest BCUT2D eigenvalue weighted by Crippen LogP contribution is -2.50. The molecule has 0 aromatic heterocycles. The quantitative estimate of drug-likeness (QED) is 0.450. The van der Waals surface area contributed by atoms with E-state index >= 15 is 0 Å². The first-order valence-corrected chi connectivity index (χ1v) is 6.11. The van der Waals surface area contributed by atoms with Crippen LogP contribution in [0.1, 0.15) is 33.6 Å². The number of halogens is 1. The molecule has 0 radical (unpaired) electrons. The SMILES string of the molecule is CN=C(NCC1CCCN1C)NC(C)(C)C.I. The molecule has 1 unspecified atom stereocenters. The van der Waals surface area contributed by atoms with Gasteiger partial charge in [0.05, 0.1) is 0 Å². The molecule has 4 nitrogen and oxygen atoms in total. The summed E-state index contributed by atoms with van der Waals surface area (Å²) in [7, 11) is 4.01. The normalized spacial score (nSPS) is 22.2. The number of hydrogen-bond donors (Lipinski definition) is 2. The van der Waals surface area contributed by atoms with Crippen LogP contribution in [-0.4, -0.2) is 49.6 Å². The molecular formula is C12H27IN4. The van der Waals surface area contributed by atoms with Crippen molar-refractivity contribution < 1.29 is 0 Å². The Balaban J connectivity index is 0.00000256. The van der Waals surface area contributed by atoms with Crippen molar-refractivity contribution in [3.63, 3.8) is 0 Å². The molecule has 1 saturated heterocycles. The Labute approximate surface area is 123 Å². The Kier molecular flexibility index (Phi) is 7.39. The number of hydrogen-bond acceptors (Lipinski definition) is 2. The van der Waals surface area contributed by atoms with Crippen molar-refractivity contribution in [2.45, 2.75) is 45.2 Å². The minimum atomic E-state index is 0. The highest BCUT2D eigenvalue weighted by Gasteiger charge is 2.21. The van der Waals surface area contributed by atoms with Crippen LogP contribution >= 0.6 is 24.0 Å². The summed E-state index contributed by atoms with van der Waals surface area (Å²) in [6.07, 6.45) is 2.60. The standard InChI is InChI=1S/C12H26N4.HI/c1-12(2,3)15-11(13-4)14-9-10-7-6-8-16(10)5;/h10H,6-9H2,1-5H3,(H2,13,14,15);1H. The van der Waals surface area contributed by atoms with Crippen LogP contribution in [0.25, 0.3) is 0 Å². The van der Waals surface area contributed by atoms with Crippen LogP contribution in [0.5, 0.6) is 0 Å². The van der Waals surface area contributed by atoms with Crippen molar-refractivity contribution in [2.75, 3.05) is 27.2 Å². The van der Waals surface area contributed by atoms with E-state index in [1.165, 1.54) is 19.4 Å². The highest BCUT2D eigenvalue weighted by Crippen LogP contribution is 2.13. The second-order valence-corrected chi connectivity index (χ2v) is 5.60. The molecule has 1 aliphatic rings. The maximum Gasteiger partial charge on any atom is 0.191 e. The first-order valence-electron chi connectivity index (χ1n) is 6.11. The second-order valence-electron chi connectivity index (χ2n) is 5.60. The Morgan fingerprint density at radius 2 is 2.06 bits per heavy atom. The first kappa shape index (κ1) is 17.0. The highest BCUT2D eigenvalue weighted by atomic mass is 127. The summed E-state index contributed by atoms with van der Waals surface area (Å²) in [6, 6.07) is 0.651. The topological polar surface area (TPSA) is 39.7 Å². The third kappa shape index (κ3) is 6.45. The van der Waals surface area contributed by atoms with Gasteiger partial charge in [-0.15, -0.1) is 24.0 Å². The van der Waals surface area contributed by atoms with Crippen molar-refractivity contribution in [1.29, 1.82) is 0 Å². The highest BCUT2D eigenvalue weighted by molar-refractivity contribution is 14.0. The predicted octanol–water partition coefficient (Wildman–Crippen LogP) is 1.66. The minimum absolute atomic E-state index is 0. The molecule has 1 rings (SSSR count). The molecule has 0 spiro atoms. The molecule has 1 heterocycles. The van der Waals surface area contributed by atoms with Gasteiger partial charge in [0.15, 0.2) is 5.96 Å². The Bertz CT molecular complexity index is 247. The van der Waals surface area contributed by atoms with Gasteiger partial charge in [-0.3, -0.25) is 4.99 Å². The van der Waals surface area contributed by atoms with E-state index in [2.05, 4.69) is 48.3 Å². The zero-order valence-electron chi connectivity index (χ0n) is 11.7. The summed E-state index contributed by atoms with van der Waals surface area (Å²) in [4.78, 5) is 6.65. The summed E-state index contributed by atoms with van der Waals surface area (Å²) in [6.45, 7) is 8.62. The van der Waals surface area contributed by atoms with Crippen LogP contribution in [0, 0.1) is 0 Å². The third-order valence-corrected chi connectivity index (χ3v) is 2.89. The molecule has 1 aliphatic heterocycles. The van der Waals surface area contributed by atoms with E-state index in [0.717, 1.165) is 12.5 Å². The number of aliphatic imine (C=N–C) groups is 1. The molecule has 0 amide bonds. The fourth-order valence-electron chi connectivity index (χ4n) is 1.99. The van der Waals surface area contributed by atoms with Crippen molar-refractivity contribution in [1.82, 2.24) is 15.5 Å². The maximum absolute atomic E-state index is 4.24. The molecule has 5 heteroatoms. The van der Waals surface area contributed by atoms with Gasteiger partial charge in [-0.25, -0.2) is 0 Å². The number of guanidine groups is 1. The monoisotopic (exact) mass is 354 g/mol. The van der Waals surface area contributed by atoms with Gasteiger partial charge in [-0.1, -0.05) is 0 Å². The van der Waals surface area contributed by atoms with Crippen molar-refractivity contribution in [3.05, 3.63) is 0 Å². The van der Waals surface area contributed by atoms with Gasteiger partial charge >= 0.3 is 0 Å². The van der Waals surface area contributed by atoms with E-state index < -0.39 is 0 Å². The lowest BCUT2D eigenvalue weighted by molar-refractivity contribution is 0.309. The van der Waals surface area contributed by atoms with Crippen molar-refractivity contribution in [2.24, 2.45) is 4.99 Å². The molecule has 2 N–H and O–H groups in total. The molecule has 0 bridgehead atoms. The zero-order chi connectivity index (χ0) is 12.2. The molecule has 1 atom stereocenters. The van der Waals surface area contributed by atoms with E-state index in [1.807, 2.05) is 7.05 Å². The van der Waals surface area contributed by atoms with Crippen molar-refractivity contribution >= 4 is 29.9 Å². The van der Waals surface area contributed by atoms with E-state index in [9.17, 15) is 0 Å². The summed E-state index contributed by atoms with van der Waals surface area (Å²) in [5, 5.41) is 6.76. The smallest absolute Gasteiger partial charge is 0.191 e. The molecule has 17 heavy (non-hydrogen) atoms. The summed E-state index contributed by atoms with van der Waals surface area (Å²) >= 11 is 0. The van der Waals surface area contributed by atoms with Gasteiger partial charge in [0.2, 0.25) is 0 Å². The summed E-state index contributed by atoms with van der Waals surface area (Å²) in [5.74, 6) is 0.896. The number of likely N-dealkylation sites (N-methyl/N-ethyl adjacent to an activating group) is 1. The van der Waals surface area contributed by atoms with Gasteiger partial charge in [0.25, 0.3) is 0 Å². The molecule has 0 saturated carbocycles. The summed E-state index contributed by atoms with van der Waals surface area (Å²) in [5.41, 5.74) is 0.0589. The minimum Gasteiger partial charge on any atom is -0.355 e. The fraction of sp³-hybridized carbons (Fsp3) is 0.917. The van der Waals surface area contributed by atoms with Crippen molar-refractivity contribution in [3.8, 4) is 0 Å². The zero-order valence-corrected chi connectivity index (χ0v) is 14.0. The molecule has 0 aliphatic carbocycles. The molecule has 0 aromatic rings. The maximum atomic E-state index is 4.24. The Hall–Kier alpha value is -0.0400. The van der Waals surface area contributed by atoms with E-state index in [0.29, 0.717) is 6.04 Å². The molecule has 0 aromatic carbocycles. The number of nitrogens with zero attached hydrogens (tertiary/aromatic N) is 2. The summed E-state index contributed by atoms with van der Waals surface area (Å²) < 4.78 is 0. The van der Waals surface area contributed by atoms with Crippen LogP contribution in [0.4, 0.5) is 0 Å². The molecular weight excluding hydrogens is 327 g/mol. The number of rotatable bonds is 2. The lowest BCUT2D eigenvalue weighted by atomic mass is 10.1. The Morgan fingerprint density at radius 3 is 2.47 bits per heavy atom. The third-order valence-electron chi connectivity index (χ3n) is 2.89. The lowest BCUT2D eigenvalue weighted by Gasteiger charge is -2.26. The van der Waals surface area contributed by atoms with E-state index in [-0.39, 0.29) is 29.5 Å². The van der Waals surface area contributed by atoms with Crippen LogP contribution in [0.15, 0.2) is 4.99 Å². The van der Waals surface area contributed by atoms with Gasteiger partial charge in [0.1, 0.15) is 0 Å². The van der Waals surface area contributed by atoms with Gasteiger partial charge in [-0.2, -0.15) is 0 Å². The Morgan fingerprint density at radius 1 is 1.41 bits per heavy atom. The first-order chi connectivity index (χ1) is 7.42. The second kappa shape index (κ2) is 7.41. The van der Waals surface area contributed by atoms with Gasteiger partial charge < -0.3 is 15.5 Å². The van der Waals surface area contributed by atoms with Crippen LogP contribution in [0.3, 0.4) is 0 Å². The van der Waals surface area contributed by atoms with E-state index in [4.69, 9.17) is 0 Å². The molecule has 102 valence electrons.